The highest BCUT2D eigenvalue weighted by Gasteiger charge is 2.24. The molecular formula is C12H16N2O3. The molecule has 5 nitrogen and oxygen atoms in total. The van der Waals surface area contributed by atoms with E-state index < -0.39 is 0 Å². The number of carbonyl (C=O) groups is 1. The molecule has 1 aliphatic heterocycles. The van der Waals surface area contributed by atoms with Crippen LogP contribution < -0.4 is 5.32 Å². The highest BCUT2D eigenvalue weighted by molar-refractivity contribution is 5.95. The Kier molecular flexibility index (Phi) is 3.19. The molecule has 1 atom stereocenters. The van der Waals surface area contributed by atoms with Crippen LogP contribution in [0.3, 0.4) is 0 Å². The van der Waals surface area contributed by atoms with Crippen molar-refractivity contribution in [3.8, 4) is 11.5 Å². The van der Waals surface area contributed by atoms with Crippen LogP contribution in [0.2, 0.25) is 0 Å². The summed E-state index contributed by atoms with van der Waals surface area (Å²) < 4.78 is 0. The molecule has 5 heteroatoms. The molecule has 0 aliphatic carbocycles. The van der Waals surface area contributed by atoms with Gasteiger partial charge in [0.15, 0.2) is 11.5 Å². The van der Waals surface area contributed by atoms with E-state index in [4.69, 9.17) is 0 Å². The topological polar surface area (TPSA) is 72.8 Å². The summed E-state index contributed by atoms with van der Waals surface area (Å²) in [4.78, 5) is 13.9. The fraction of sp³-hybridized carbons (Fsp3) is 0.417. The standard InChI is InChI=1S/C12H16N2O3/c1-8-7-13-4-5-14(8)12(17)9-2-3-10(15)11(16)6-9/h2-3,6,8,13,15-16H,4-5,7H2,1H3/t8-/m1/s1. The zero-order valence-corrected chi connectivity index (χ0v) is 9.68. The Balaban J connectivity index is 2.21. The van der Waals surface area contributed by atoms with Gasteiger partial charge in [0.05, 0.1) is 0 Å². The van der Waals surface area contributed by atoms with Gasteiger partial charge < -0.3 is 20.4 Å². The molecule has 1 aromatic carbocycles. The van der Waals surface area contributed by atoms with Gasteiger partial charge in [-0.2, -0.15) is 0 Å². The lowest BCUT2D eigenvalue weighted by atomic mass is 10.1. The van der Waals surface area contributed by atoms with E-state index in [0.29, 0.717) is 12.1 Å². The maximum Gasteiger partial charge on any atom is 0.254 e. The molecule has 17 heavy (non-hydrogen) atoms. The number of hydrogen-bond donors (Lipinski definition) is 3. The van der Waals surface area contributed by atoms with E-state index in [-0.39, 0.29) is 23.4 Å². The smallest absolute Gasteiger partial charge is 0.254 e. The maximum atomic E-state index is 12.2. The highest BCUT2D eigenvalue weighted by atomic mass is 16.3. The number of amides is 1. The molecule has 0 aromatic heterocycles. The first-order valence-corrected chi connectivity index (χ1v) is 5.63. The molecule has 0 radical (unpaired) electrons. The SMILES string of the molecule is C[C@@H]1CNCCN1C(=O)c1ccc(O)c(O)c1. The van der Waals surface area contributed by atoms with Crippen LogP contribution in [0.25, 0.3) is 0 Å². The Labute approximate surface area is 99.7 Å². The molecule has 3 N–H and O–H groups in total. The van der Waals surface area contributed by atoms with Crippen LogP contribution >= 0.6 is 0 Å². The molecule has 1 aromatic rings. The predicted molar refractivity (Wildman–Crippen MR) is 63.1 cm³/mol. The second-order valence-corrected chi connectivity index (χ2v) is 4.26. The van der Waals surface area contributed by atoms with Gasteiger partial charge in [-0.3, -0.25) is 4.79 Å². The average molecular weight is 236 g/mol. The lowest BCUT2D eigenvalue weighted by molar-refractivity contribution is 0.0655. The first-order chi connectivity index (χ1) is 8.09. The van der Waals surface area contributed by atoms with Crippen LogP contribution in [0.5, 0.6) is 11.5 Å². The van der Waals surface area contributed by atoms with Gasteiger partial charge in [0.2, 0.25) is 0 Å². The minimum atomic E-state index is -0.265. The number of nitrogens with zero attached hydrogens (tertiary/aromatic N) is 1. The summed E-state index contributed by atoms with van der Waals surface area (Å²) in [5, 5.41) is 21.8. The van der Waals surface area contributed by atoms with Crippen molar-refractivity contribution in [2.45, 2.75) is 13.0 Å². The van der Waals surface area contributed by atoms with Crippen LogP contribution in [0.1, 0.15) is 17.3 Å². The van der Waals surface area contributed by atoms with E-state index in [1.807, 2.05) is 6.92 Å². The average Bonchev–Trinajstić information content (AvgIpc) is 2.32. The molecule has 0 saturated carbocycles. The third-order valence-corrected chi connectivity index (χ3v) is 2.98. The Morgan fingerprint density at radius 2 is 2.18 bits per heavy atom. The van der Waals surface area contributed by atoms with Gasteiger partial charge in [0, 0.05) is 31.2 Å². The zero-order chi connectivity index (χ0) is 12.4. The van der Waals surface area contributed by atoms with Gasteiger partial charge in [-0.1, -0.05) is 0 Å². The summed E-state index contributed by atoms with van der Waals surface area (Å²) in [6.45, 7) is 4.18. The Bertz CT molecular complexity index is 434. The summed E-state index contributed by atoms with van der Waals surface area (Å²) in [6.07, 6.45) is 0. The number of benzene rings is 1. The van der Waals surface area contributed by atoms with Crippen molar-refractivity contribution in [3.63, 3.8) is 0 Å². The van der Waals surface area contributed by atoms with E-state index in [9.17, 15) is 15.0 Å². The second-order valence-electron chi connectivity index (χ2n) is 4.26. The number of carbonyl (C=O) groups excluding carboxylic acids is 1. The summed E-state index contributed by atoms with van der Waals surface area (Å²) in [5.74, 6) is -0.595. The molecule has 1 aliphatic rings. The Hall–Kier alpha value is -1.75. The zero-order valence-electron chi connectivity index (χ0n) is 9.68. The van der Waals surface area contributed by atoms with Gasteiger partial charge >= 0.3 is 0 Å². The van der Waals surface area contributed by atoms with Gasteiger partial charge in [-0.15, -0.1) is 0 Å². The number of nitrogens with one attached hydrogen (secondary N) is 1. The Morgan fingerprint density at radius 1 is 1.41 bits per heavy atom. The van der Waals surface area contributed by atoms with E-state index in [0.717, 1.165) is 13.1 Å². The van der Waals surface area contributed by atoms with Crippen molar-refractivity contribution >= 4 is 5.91 Å². The summed E-state index contributed by atoms with van der Waals surface area (Å²) in [6, 6.07) is 4.28. The minimum Gasteiger partial charge on any atom is -0.504 e. The molecule has 1 saturated heterocycles. The number of phenolic OH excluding ortho intramolecular Hbond substituents is 2. The predicted octanol–water partition coefficient (Wildman–Crippen LogP) is 0.532. The number of piperazine rings is 1. The van der Waals surface area contributed by atoms with Crippen molar-refractivity contribution in [1.82, 2.24) is 10.2 Å². The third-order valence-electron chi connectivity index (χ3n) is 2.98. The minimum absolute atomic E-state index is 0.116. The van der Waals surface area contributed by atoms with Crippen molar-refractivity contribution in [3.05, 3.63) is 23.8 Å². The molecule has 1 fully saturated rings. The lowest BCUT2D eigenvalue weighted by Crippen LogP contribution is -2.52. The van der Waals surface area contributed by atoms with Crippen molar-refractivity contribution in [2.75, 3.05) is 19.6 Å². The quantitative estimate of drug-likeness (QED) is 0.622. The monoisotopic (exact) mass is 236 g/mol. The van der Waals surface area contributed by atoms with Gasteiger partial charge in [-0.25, -0.2) is 0 Å². The van der Waals surface area contributed by atoms with Crippen molar-refractivity contribution in [2.24, 2.45) is 0 Å². The van der Waals surface area contributed by atoms with Crippen LogP contribution in [-0.4, -0.2) is 46.7 Å². The third kappa shape index (κ3) is 2.34. The largest absolute Gasteiger partial charge is 0.504 e. The van der Waals surface area contributed by atoms with Gasteiger partial charge in [0.25, 0.3) is 5.91 Å². The van der Waals surface area contributed by atoms with Gasteiger partial charge in [-0.05, 0) is 25.1 Å². The fourth-order valence-electron chi connectivity index (χ4n) is 1.97. The number of phenols is 2. The summed E-state index contributed by atoms with van der Waals surface area (Å²) >= 11 is 0. The van der Waals surface area contributed by atoms with Crippen LogP contribution in [0.15, 0.2) is 18.2 Å². The molecule has 2 rings (SSSR count). The van der Waals surface area contributed by atoms with Crippen LogP contribution in [-0.2, 0) is 0 Å². The molecular weight excluding hydrogens is 220 g/mol. The molecule has 1 amide bonds. The molecule has 0 unspecified atom stereocenters. The first kappa shape index (κ1) is 11.7. The molecule has 92 valence electrons. The molecule has 0 bridgehead atoms. The lowest BCUT2D eigenvalue weighted by Gasteiger charge is -2.34. The fourth-order valence-corrected chi connectivity index (χ4v) is 1.97. The highest BCUT2D eigenvalue weighted by Crippen LogP contribution is 2.25. The summed E-state index contributed by atoms with van der Waals surface area (Å²) in [7, 11) is 0. The first-order valence-electron chi connectivity index (χ1n) is 5.63. The van der Waals surface area contributed by atoms with Crippen LogP contribution in [0, 0.1) is 0 Å². The summed E-state index contributed by atoms with van der Waals surface area (Å²) in [5.41, 5.74) is 0.397. The molecule has 0 spiro atoms. The maximum absolute atomic E-state index is 12.2. The van der Waals surface area contributed by atoms with Gasteiger partial charge in [0.1, 0.15) is 0 Å². The second kappa shape index (κ2) is 4.63. The van der Waals surface area contributed by atoms with Crippen LogP contribution in [0.4, 0.5) is 0 Å². The molecule has 1 heterocycles. The van der Waals surface area contributed by atoms with E-state index in [1.54, 1.807) is 4.90 Å². The van der Waals surface area contributed by atoms with E-state index in [1.165, 1.54) is 18.2 Å². The normalized spacial score (nSPS) is 20.3. The number of rotatable bonds is 1. The van der Waals surface area contributed by atoms with Crippen molar-refractivity contribution in [1.29, 1.82) is 0 Å². The van der Waals surface area contributed by atoms with E-state index in [2.05, 4.69) is 5.32 Å². The Morgan fingerprint density at radius 3 is 2.82 bits per heavy atom. The van der Waals surface area contributed by atoms with Crippen molar-refractivity contribution < 1.29 is 15.0 Å². The van der Waals surface area contributed by atoms with E-state index >= 15 is 0 Å². The number of hydrogen-bond acceptors (Lipinski definition) is 4. The number of aromatic hydroxyl groups is 2.